The van der Waals surface area contributed by atoms with Gasteiger partial charge in [-0.25, -0.2) is 4.98 Å². The average Bonchev–Trinajstić information content (AvgIpc) is 2.43. The summed E-state index contributed by atoms with van der Waals surface area (Å²) in [6, 6.07) is 1.64. The summed E-state index contributed by atoms with van der Waals surface area (Å²) in [5, 5.41) is 1.00. The zero-order chi connectivity index (χ0) is 14.5. The Bertz CT molecular complexity index is 482. The second-order valence-corrected chi connectivity index (χ2v) is 5.72. The number of pyridine rings is 1. The van der Waals surface area contributed by atoms with E-state index in [0.29, 0.717) is 29.9 Å². The van der Waals surface area contributed by atoms with Crippen LogP contribution in [0.5, 0.6) is 0 Å². The van der Waals surface area contributed by atoms with E-state index in [-0.39, 0.29) is 11.9 Å². The predicted molar refractivity (Wildman–Crippen MR) is 78.9 cm³/mol. The Kier molecular flexibility index (Phi) is 5.64. The Morgan fingerprint density at radius 3 is 3.05 bits per heavy atom. The summed E-state index contributed by atoms with van der Waals surface area (Å²) in [7, 11) is 0. The second kappa shape index (κ2) is 7.25. The summed E-state index contributed by atoms with van der Waals surface area (Å²) in [5.41, 5.74) is 0.931. The number of rotatable bonds is 4. The van der Waals surface area contributed by atoms with E-state index < -0.39 is 0 Å². The fraction of sp³-hybridized carbons (Fsp3) is 0.571. The number of nitrogens with zero attached hydrogens (tertiary/aromatic N) is 2. The van der Waals surface area contributed by atoms with Gasteiger partial charge in [-0.05, 0) is 32.4 Å². The lowest BCUT2D eigenvalue weighted by Crippen LogP contribution is -2.39. The van der Waals surface area contributed by atoms with Crippen molar-refractivity contribution in [3.63, 3.8) is 0 Å². The lowest BCUT2D eigenvalue weighted by Gasteiger charge is -2.31. The van der Waals surface area contributed by atoms with Crippen LogP contribution in [-0.4, -0.2) is 35.5 Å². The first kappa shape index (κ1) is 15.5. The predicted octanol–water partition coefficient (Wildman–Crippen LogP) is 3.16. The van der Waals surface area contributed by atoms with Crippen molar-refractivity contribution < 1.29 is 9.53 Å². The molecule has 1 aliphatic rings. The average molecular weight is 317 g/mol. The molecule has 0 radical (unpaired) electrons. The van der Waals surface area contributed by atoms with Crippen molar-refractivity contribution in [3.05, 3.63) is 28.0 Å². The molecule has 110 valence electrons. The number of piperidine rings is 1. The number of carbonyl (C=O) groups excluding carboxylic acids is 1. The number of esters is 1. The maximum atomic E-state index is 11.8. The van der Waals surface area contributed by atoms with E-state index in [4.69, 9.17) is 27.9 Å². The van der Waals surface area contributed by atoms with Gasteiger partial charge in [-0.3, -0.25) is 9.69 Å². The van der Waals surface area contributed by atoms with Gasteiger partial charge in [0.15, 0.2) is 0 Å². The first-order valence-electron chi connectivity index (χ1n) is 6.79. The Morgan fingerprint density at radius 1 is 1.55 bits per heavy atom. The van der Waals surface area contributed by atoms with Crippen LogP contribution in [0, 0.1) is 5.92 Å². The Labute approximate surface area is 129 Å². The number of ether oxygens (including phenoxy) is 1. The molecule has 1 atom stereocenters. The van der Waals surface area contributed by atoms with Gasteiger partial charge in [0.1, 0.15) is 5.15 Å². The number of likely N-dealkylation sites (tertiary alicyclic amines) is 1. The van der Waals surface area contributed by atoms with Crippen molar-refractivity contribution in [2.45, 2.75) is 26.3 Å². The molecule has 0 spiro atoms. The van der Waals surface area contributed by atoms with Gasteiger partial charge in [-0.1, -0.05) is 23.2 Å². The summed E-state index contributed by atoms with van der Waals surface area (Å²) >= 11 is 11.9. The van der Waals surface area contributed by atoms with Crippen LogP contribution >= 0.6 is 23.2 Å². The number of aromatic nitrogens is 1. The molecular formula is C14H18Cl2N2O2. The molecule has 0 N–H and O–H groups in total. The monoisotopic (exact) mass is 316 g/mol. The van der Waals surface area contributed by atoms with Crippen molar-refractivity contribution in [2.75, 3.05) is 19.7 Å². The van der Waals surface area contributed by atoms with E-state index in [1.54, 1.807) is 12.3 Å². The molecule has 1 fully saturated rings. The molecule has 6 heteroatoms. The van der Waals surface area contributed by atoms with Gasteiger partial charge in [0.2, 0.25) is 0 Å². The van der Waals surface area contributed by atoms with E-state index >= 15 is 0 Å². The van der Waals surface area contributed by atoms with Crippen LogP contribution in [0.2, 0.25) is 10.2 Å². The zero-order valence-corrected chi connectivity index (χ0v) is 13.0. The largest absolute Gasteiger partial charge is 0.466 e. The van der Waals surface area contributed by atoms with Gasteiger partial charge in [0.25, 0.3) is 0 Å². The van der Waals surface area contributed by atoms with Crippen molar-refractivity contribution in [1.82, 2.24) is 9.88 Å². The molecule has 2 heterocycles. The molecule has 0 unspecified atom stereocenters. The smallest absolute Gasteiger partial charge is 0.310 e. The van der Waals surface area contributed by atoms with Gasteiger partial charge in [-0.2, -0.15) is 0 Å². The van der Waals surface area contributed by atoms with Crippen molar-refractivity contribution in [3.8, 4) is 0 Å². The fourth-order valence-corrected chi connectivity index (χ4v) is 2.87. The maximum Gasteiger partial charge on any atom is 0.310 e. The minimum absolute atomic E-state index is 0.0391. The topological polar surface area (TPSA) is 42.4 Å². The van der Waals surface area contributed by atoms with Crippen LogP contribution in [0.3, 0.4) is 0 Å². The summed E-state index contributed by atoms with van der Waals surface area (Å²) < 4.78 is 5.10. The molecule has 1 saturated heterocycles. The molecular weight excluding hydrogens is 299 g/mol. The van der Waals surface area contributed by atoms with E-state index in [9.17, 15) is 4.79 Å². The molecule has 1 aromatic rings. The van der Waals surface area contributed by atoms with Gasteiger partial charge in [-0.15, -0.1) is 0 Å². The zero-order valence-electron chi connectivity index (χ0n) is 11.4. The molecule has 0 saturated carbocycles. The van der Waals surface area contributed by atoms with Gasteiger partial charge < -0.3 is 4.74 Å². The van der Waals surface area contributed by atoms with E-state index in [0.717, 1.165) is 24.9 Å². The highest BCUT2D eigenvalue weighted by atomic mass is 35.5. The third-order valence-electron chi connectivity index (χ3n) is 3.42. The number of carbonyl (C=O) groups is 1. The summed E-state index contributed by atoms with van der Waals surface area (Å²) in [5.74, 6) is -0.139. The first-order chi connectivity index (χ1) is 9.60. The molecule has 0 amide bonds. The third kappa shape index (κ3) is 4.08. The SMILES string of the molecule is CCOC(=O)[C@@H]1CCCN(Cc2cnc(Cl)cc2Cl)C1. The van der Waals surface area contributed by atoms with Crippen molar-refractivity contribution in [1.29, 1.82) is 0 Å². The molecule has 0 bridgehead atoms. The highest BCUT2D eigenvalue weighted by Gasteiger charge is 2.27. The van der Waals surface area contributed by atoms with Crippen molar-refractivity contribution in [2.24, 2.45) is 5.92 Å². The lowest BCUT2D eigenvalue weighted by molar-refractivity contribution is -0.150. The Morgan fingerprint density at radius 2 is 2.35 bits per heavy atom. The summed E-state index contributed by atoms with van der Waals surface area (Å²) in [6.07, 6.45) is 3.57. The van der Waals surface area contributed by atoms with Gasteiger partial charge in [0, 0.05) is 29.9 Å². The molecule has 1 aromatic heterocycles. The Balaban J connectivity index is 1.97. The summed E-state index contributed by atoms with van der Waals surface area (Å²) in [4.78, 5) is 18.1. The van der Waals surface area contributed by atoms with E-state index in [1.165, 1.54) is 0 Å². The highest BCUT2D eigenvalue weighted by molar-refractivity contribution is 6.34. The number of hydrogen-bond donors (Lipinski definition) is 0. The summed E-state index contributed by atoms with van der Waals surface area (Å²) in [6.45, 7) is 4.60. The highest BCUT2D eigenvalue weighted by Crippen LogP contribution is 2.24. The van der Waals surface area contributed by atoms with Crippen LogP contribution in [0.1, 0.15) is 25.3 Å². The lowest BCUT2D eigenvalue weighted by atomic mass is 9.98. The maximum absolute atomic E-state index is 11.8. The molecule has 2 rings (SSSR count). The minimum Gasteiger partial charge on any atom is -0.466 e. The first-order valence-corrected chi connectivity index (χ1v) is 7.54. The second-order valence-electron chi connectivity index (χ2n) is 4.92. The molecule has 0 aliphatic carbocycles. The van der Waals surface area contributed by atoms with Crippen LogP contribution in [0.15, 0.2) is 12.3 Å². The third-order valence-corrected chi connectivity index (χ3v) is 3.97. The number of halogens is 2. The van der Waals surface area contributed by atoms with Crippen LogP contribution < -0.4 is 0 Å². The van der Waals surface area contributed by atoms with Crippen LogP contribution in [0.4, 0.5) is 0 Å². The quantitative estimate of drug-likeness (QED) is 0.632. The van der Waals surface area contributed by atoms with E-state index in [1.807, 2.05) is 6.92 Å². The fourth-order valence-electron chi connectivity index (χ4n) is 2.44. The van der Waals surface area contributed by atoms with Gasteiger partial charge >= 0.3 is 5.97 Å². The Hall–Kier alpha value is -0.840. The van der Waals surface area contributed by atoms with Gasteiger partial charge in [0.05, 0.1) is 12.5 Å². The molecule has 4 nitrogen and oxygen atoms in total. The van der Waals surface area contributed by atoms with Crippen LogP contribution in [0.25, 0.3) is 0 Å². The molecule has 20 heavy (non-hydrogen) atoms. The number of hydrogen-bond acceptors (Lipinski definition) is 4. The normalized spacial score (nSPS) is 19.9. The molecule has 0 aromatic carbocycles. The van der Waals surface area contributed by atoms with Crippen LogP contribution in [-0.2, 0) is 16.1 Å². The van der Waals surface area contributed by atoms with Crippen molar-refractivity contribution >= 4 is 29.2 Å². The molecule has 1 aliphatic heterocycles. The standard InChI is InChI=1S/C14H18Cl2N2O2/c1-2-20-14(19)10-4-3-5-18(8-10)9-11-7-17-13(16)6-12(11)15/h6-7,10H,2-5,8-9H2,1H3/t10-/m1/s1. The minimum atomic E-state index is -0.0995. The van der Waals surface area contributed by atoms with E-state index in [2.05, 4.69) is 9.88 Å².